The fourth-order valence-electron chi connectivity index (χ4n) is 2.25. The Balaban J connectivity index is 2.17. The number of hydrogen-bond donors (Lipinski definition) is 1. The second-order valence-corrected chi connectivity index (χ2v) is 8.29. The molecule has 0 spiro atoms. The third-order valence-electron chi connectivity index (χ3n) is 3.34. The second-order valence-electron chi connectivity index (χ2n) is 4.70. The van der Waals surface area contributed by atoms with E-state index in [2.05, 4.69) is 4.90 Å². The third-order valence-corrected chi connectivity index (χ3v) is 6.68. The SMILES string of the molecule is CCS(=O)(=O)C1CSCCN1Cc1cccc(N)c1. The van der Waals surface area contributed by atoms with Gasteiger partial charge in [-0.15, -0.1) is 0 Å². The molecule has 6 heteroatoms. The summed E-state index contributed by atoms with van der Waals surface area (Å²) < 4.78 is 24.3. The van der Waals surface area contributed by atoms with Crippen LogP contribution in [0, 0.1) is 0 Å². The molecular weight excluding hydrogens is 280 g/mol. The average Bonchev–Trinajstić information content (AvgIpc) is 2.39. The minimum absolute atomic E-state index is 0.200. The summed E-state index contributed by atoms with van der Waals surface area (Å²) >= 11 is 1.72. The van der Waals surface area contributed by atoms with Gasteiger partial charge in [0.15, 0.2) is 9.84 Å². The molecule has 106 valence electrons. The van der Waals surface area contributed by atoms with Gasteiger partial charge in [-0.25, -0.2) is 8.42 Å². The van der Waals surface area contributed by atoms with E-state index in [9.17, 15) is 8.42 Å². The van der Waals surface area contributed by atoms with Gasteiger partial charge in [-0.3, -0.25) is 4.90 Å². The van der Waals surface area contributed by atoms with Crippen molar-refractivity contribution in [2.75, 3.05) is 29.5 Å². The summed E-state index contributed by atoms with van der Waals surface area (Å²) in [4.78, 5) is 2.06. The van der Waals surface area contributed by atoms with Crippen LogP contribution in [0.25, 0.3) is 0 Å². The molecule has 1 aliphatic rings. The van der Waals surface area contributed by atoms with Crippen LogP contribution in [-0.4, -0.2) is 42.5 Å². The normalized spacial score (nSPS) is 21.4. The lowest BCUT2D eigenvalue weighted by molar-refractivity contribution is 0.262. The standard InChI is InChI=1S/C13H20N2O2S2/c1-2-19(16,17)13-10-18-7-6-15(13)9-11-4-3-5-12(14)8-11/h3-5,8,13H,2,6-7,9-10,14H2,1H3. The first-order chi connectivity index (χ1) is 9.03. The Morgan fingerprint density at radius 3 is 2.95 bits per heavy atom. The van der Waals surface area contributed by atoms with Gasteiger partial charge < -0.3 is 5.73 Å². The van der Waals surface area contributed by atoms with E-state index in [1.807, 2.05) is 24.3 Å². The average molecular weight is 300 g/mol. The van der Waals surface area contributed by atoms with Gasteiger partial charge in [-0.1, -0.05) is 19.1 Å². The third kappa shape index (κ3) is 3.64. The molecule has 1 fully saturated rings. The van der Waals surface area contributed by atoms with Crippen molar-refractivity contribution in [2.24, 2.45) is 0 Å². The summed E-state index contributed by atoms with van der Waals surface area (Å²) in [6.07, 6.45) is 0. The van der Waals surface area contributed by atoms with Crippen molar-refractivity contribution in [1.82, 2.24) is 4.90 Å². The summed E-state index contributed by atoms with van der Waals surface area (Å²) in [5.74, 6) is 1.85. The molecule has 0 aromatic heterocycles. The minimum atomic E-state index is -3.03. The van der Waals surface area contributed by atoms with Crippen LogP contribution >= 0.6 is 11.8 Å². The lowest BCUT2D eigenvalue weighted by Gasteiger charge is -2.34. The Kier molecular flexibility index (Phi) is 4.76. The molecule has 1 aromatic rings. The van der Waals surface area contributed by atoms with E-state index in [4.69, 9.17) is 5.73 Å². The quantitative estimate of drug-likeness (QED) is 0.855. The van der Waals surface area contributed by atoms with Crippen LogP contribution in [0.4, 0.5) is 5.69 Å². The molecular formula is C13H20N2O2S2. The molecule has 1 saturated heterocycles. The van der Waals surface area contributed by atoms with Crippen LogP contribution in [0.15, 0.2) is 24.3 Å². The second kappa shape index (κ2) is 6.15. The van der Waals surface area contributed by atoms with E-state index < -0.39 is 9.84 Å². The smallest absolute Gasteiger partial charge is 0.166 e. The molecule has 1 heterocycles. The summed E-state index contributed by atoms with van der Waals surface area (Å²) in [5.41, 5.74) is 7.56. The maximum absolute atomic E-state index is 12.1. The molecule has 1 aromatic carbocycles. The van der Waals surface area contributed by atoms with Crippen molar-refractivity contribution in [3.8, 4) is 0 Å². The van der Waals surface area contributed by atoms with Crippen molar-refractivity contribution in [2.45, 2.75) is 18.8 Å². The highest BCUT2D eigenvalue weighted by Crippen LogP contribution is 2.23. The zero-order valence-electron chi connectivity index (χ0n) is 11.1. The summed E-state index contributed by atoms with van der Waals surface area (Å²) in [6, 6.07) is 7.66. The summed E-state index contributed by atoms with van der Waals surface area (Å²) in [5, 5.41) is -0.363. The number of nitrogen functional groups attached to an aromatic ring is 1. The van der Waals surface area contributed by atoms with Gasteiger partial charge in [-0.05, 0) is 17.7 Å². The summed E-state index contributed by atoms with van der Waals surface area (Å²) in [7, 11) is -3.03. The maximum Gasteiger partial charge on any atom is 0.166 e. The van der Waals surface area contributed by atoms with Crippen LogP contribution in [0.1, 0.15) is 12.5 Å². The van der Waals surface area contributed by atoms with E-state index >= 15 is 0 Å². The highest BCUT2D eigenvalue weighted by atomic mass is 32.2. The molecule has 0 bridgehead atoms. The first kappa shape index (κ1) is 14.7. The minimum Gasteiger partial charge on any atom is -0.399 e. The van der Waals surface area contributed by atoms with Gasteiger partial charge >= 0.3 is 0 Å². The zero-order valence-corrected chi connectivity index (χ0v) is 12.7. The molecule has 4 nitrogen and oxygen atoms in total. The molecule has 1 aliphatic heterocycles. The Bertz CT molecular complexity index is 531. The molecule has 2 N–H and O–H groups in total. The number of hydrogen-bond acceptors (Lipinski definition) is 5. The van der Waals surface area contributed by atoms with Gasteiger partial charge in [0.2, 0.25) is 0 Å². The number of anilines is 1. The van der Waals surface area contributed by atoms with Crippen LogP contribution < -0.4 is 5.73 Å². The van der Waals surface area contributed by atoms with E-state index in [1.54, 1.807) is 18.7 Å². The Labute approximate surface area is 119 Å². The molecule has 0 saturated carbocycles. The van der Waals surface area contributed by atoms with Crippen molar-refractivity contribution in [1.29, 1.82) is 0 Å². The Hall–Kier alpha value is -0.720. The highest BCUT2D eigenvalue weighted by Gasteiger charge is 2.32. The van der Waals surface area contributed by atoms with E-state index in [1.165, 1.54) is 0 Å². The first-order valence-electron chi connectivity index (χ1n) is 6.40. The van der Waals surface area contributed by atoms with Crippen molar-refractivity contribution in [3.05, 3.63) is 29.8 Å². The zero-order chi connectivity index (χ0) is 13.9. The van der Waals surface area contributed by atoms with Crippen molar-refractivity contribution in [3.63, 3.8) is 0 Å². The molecule has 2 rings (SSSR count). The topological polar surface area (TPSA) is 63.4 Å². The molecule has 19 heavy (non-hydrogen) atoms. The largest absolute Gasteiger partial charge is 0.399 e. The van der Waals surface area contributed by atoms with E-state index in [0.717, 1.165) is 23.5 Å². The lowest BCUT2D eigenvalue weighted by atomic mass is 10.2. The molecule has 0 aliphatic carbocycles. The Morgan fingerprint density at radius 1 is 1.47 bits per heavy atom. The predicted octanol–water partition coefficient (Wildman–Crippen LogP) is 1.58. The number of rotatable bonds is 4. The van der Waals surface area contributed by atoms with Crippen LogP contribution in [0.5, 0.6) is 0 Å². The monoisotopic (exact) mass is 300 g/mol. The van der Waals surface area contributed by atoms with Crippen LogP contribution in [0.2, 0.25) is 0 Å². The number of sulfone groups is 1. The van der Waals surface area contributed by atoms with Crippen LogP contribution in [-0.2, 0) is 16.4 Å². The number of thioether (sulfide) groups is 1. The number of nitrogens with two attached hydrogens (primary N) is 1. The van der Waals surface area contributed by atoms with Gasteiger partial charge in [0.1, 0.15) is 5.37 Å². The van der Waals surface area contributed by atoms with E-state index in [-0.39, 0.29) is 11.1 Å². The van der Waals surface area contributed by atoms with Crippen molar-refractivity contribution < 1.29 is 8.42 Å². The van der Waals surface area contributed by atoms with Crippen molar-refractivity contribution >= 4 is 27.3 Å². The fourth-order valence-corrected chi connectivity index (χ4v) is 5.33. The van der Waals surface area contributed by atoms with Gasteiger partial charge in [0, 0.05) is 36.0 Å². The first-order valence-corrected chi connectivity index (χ1v) is 9.27. The molecule has 0 amide bonds. The molecule has 0 radical (unpaired) electrons. The Morgan fingerprint density at radius 2 is 2.26 bits per heavy atom. The maximum atomic E-state index is 12.1. The number of nitrogens with zero attached hydrogens (tertiary/aromatic N) is 1. The predicted molar refractivity (Wildman–Crippen MR) is 81.8 cm³/mol. The van der Waals surface area contributed by atoms with E-state index in [0.29, 0.717) is 12.3 Å². The number of benzene rings is 1. The summed E-state index contributed by atoms with van der Waals surface area (Å²) in [6.45, 7) is 3.17. The van der Waals surface area contributed by atoms with Gasteiger partial charge in [-0.2, -0.15) is 11.8 Å². The van der Waals surface area contributed by atoms with Gasteiger partial charge in [0.25, 0.3) is 0 Å². The highest BCUT2D eigenvalue weighted by molar-refractivity contribution is 8.01. The fraction of sp³-hybridized carbons (Fsp3) is 0.538. The van der Waals surface area contributed by atoms with Crippen LogP contribution in [0.3, 0.4) is 0 Å². The lowest BCUT2D eigenvalue weighted by Crippen LogP contribution is -2.47. The molecule has 1 atom stereocenters. The molecule has 1 unspecified atom stereocenters. The van der Waals surface area contributed by atoms with Gasteiger partial charge in [0.05, 0.1) is 0 Å².